The molecule has 39 heavy (non-hydrogen) atoms. The van der Waals surface area contributed by atoms with Crippen LogP contribution < -0.4 is 10.2 Å². The molecule has 0 saturated heterocycles. The molecule has 3 amide bonds. The lowest BCUT2D eigenvalue weighted by atomic mass is 9.83. The molecule has 0 unspecified atom stereocenters. The van der Waals surface area contributed by atoms with E-state index in [0.29, 0.717) is 16.9 Å². The largest absolute Gasteiger partial charge is 0.481 e. The number of benzene rings is 2. The highest BCUT2D eigenvalue weighted by Gasteiger charge is 2.36. The van der Waals surface area contributed by atoms with Crippen LogP contribution in [0.5, 0.6) is 0 Å². The summed E-state index contributed by atoms with van der Waals surface area (Å²) in [6.45, 7) is 4.96. The Balaban J connectivity index is 1.67. The maximum atomic E-state index is 13.9. The first-order chi connectivity index (χ1) is 18.5. The van der Waals surface area contributed by atoms with Gasteiger partial charge in [-0.15, -0.1) is 0 Å². The zero-order chi connectivity index (χ0) is 28.2. The Morgan fingerprint density at radius 1 is 1.00 bits per heavy atom. The molecule has 1 aliphatic heterocycles. The van der Waals surface area contributed by atoms with Gasteiger partial charge in [0, 0.05) is 22.6 Å². The second kappa shape index (κ2) is 11.8. The topological polar surface area (TPSA) is 119 Å². The van der Waals surface area contributed by atoms with Crippen molar-refractivity contribution in [3.63, 3.8) is 0 Å². The van der Waals surface area contributed by atoms with Crippen molar-refractivity contribution in [2.24, 2.45) is 16.4 Å². The smallest absolute Gasteiger partial charge is 0.345 e. The van der Waals surface area contributed by atoms with E-state index in [2.05, 4.69) is 5.32 Å². The van der Waals surface area contributed by atoms with Crippen molar-refractivity contribution in [3.05, 3.63) is 59.7 Å². The van der Waals surface area contributed by atoms with Gasteiger partial charge in [0.15, 0.2) is 5.78 Å². The molecule has 206 valence electrons. The molecule has 0 aromatic heterocycles. The number of nitrogens with one attached hydrogen (secondary N) is 1. The van der Waals surface area contributed by atoms with Crippen molar-refractivity contribution in [2.75, 3.05) is 23.3 Å². The SMILES string of the molecule is CC(C)(C)C(=O)CN1C(=O)N(CC(=O)Nc2cccc(CC(=O)O)c2)N=C(C2CCCCC2)c2ccccc21. The van der Waals surface area contributed by atoms with Gasteiger partial charge in [0.1, 0.15) is 6.54 Å². The highest BCUT2D eigenvalue weighted by molar-refractivity contribution is 6.13. The molecular weight excluding hydrogens is 496 g/mol. The van der Waals surface area contributed by atoms with Crippen molar-refractivity contribution >= 4 is 40.8 Å². The third-order valence-corrected chi connectivity index (χ3v) is 7.14. The van der Waals surface area contributed by atoms with Crippen molar-refractivity contribution in [1.29, 1.82) is 0 Å². The third-order valence-electron chi connectivity index (χ3n) is 7.14. The van der Waals surface area contributed by atoms with E-state index in [0.717, 1.165) is 48.4 Å². The average Bonchev–Trinajstić information content (AvgIpc) is 2.99. The summed E-state index contributed by atoms with van der Waals surface area (Å²) in [5, 5.41) is 17.8. The molecule has 9 nitrogen and oxygen atoms in total. The fourth-order valence-electron chi connectivity index (χ4n) is 4.98. The summed E-state index contributed by atoms with van der Waals surface area (Å²) in [5.41, 5.74) is 2.52. The normalized spacial score (nSPS) is 16.3. The van der Waals surface area contributed by atoms with Crippen molar-refractivity contribution in [2.45, 2.75) is 59.3 Å². The van der Waals surface area contributed by atoms with E-state index in [1.807, 2.05) is 45.0 Å². The van der Waals surface area contributed by atoms with Crippen LogP contribution in [-0.2, 0) is 20.8 Å². The first-order valence-corrected chi connectivity index (χ1v) is 13.4. The van der Waals surface area contributed by atoms with Crippen LogP contribution in [0.1, 0.15) is 64.0 Å². The number of carbonyl (C=O) groups excluding carboxylic acids is 3. The van der Waals surface area contributed by atoms with Crippen molar-refractivity contribution in [3.8, 4) is 0 Å². The molecule has 2 aliphatic rings. The van der Waals surface area contributed by atoms with E-state index in [1.165, 1.54) is 4.90 Å². The number of amides is 3. The number of fused-ring (bicyclic) bond motifs is 1. The molecule has 1 saturated carbocycles. The lowest BCUT2D eigenvalue weighted by molar-refractivity contribution is -0.136. The fourth-order valence-corrected chi connectivity index (χ4v) is 4.98. The van der Waals surface area contributed by atoms with Gasteiger partial charge in [-0.25, -0.2) is 9.80 Å². The summed E-state index contributed by atoms with van der Waals surface area (Å²) in [6, 6.07) is 13.6. The predicted octanol–water partition coefficient (Wildman–Crippen LogP) is 5.09. The summed E-state index contributed by atoms with van der Waals surface area (Å²) in [7, 11) is 0. The number of hydrogen-bond acceptors (Lipinski definition) is 5. The van der Waals surface area contributed by atoms with Crippen LogP contribution in [0, 0.1) is 11.3 Å². The van der Waals surface area contributed by atoms with Crippen LogP contribution >= 0.6 is 0 Å². The highest BCUT2D eigenvalue weighted by Crippen LogP contribution is 2.34. The zero-order valence-electron chi connectivity index (χ0n) is 22.8. The molecule has 4 rings (SSSR count). The summed E-state index contributed by atoms with van der Waals surface area (Å²) in [5.74, 6) is -1.41. The van der Waals surface area contributed by atoms with Crippen LogP contribution in [0.2, 0.25) is 0 Å². The minimum Gasteiger partial charge on any atom is -0.481 e. The Morgan fingerprint density at radius 2 is 1.72 bits per heavy atom. The van der Waals surface area contributed by atoms with E-state index >= 15 is 0 Å². The molecule has 0 spiro atoms. The van der Waals surface area contributed by atoms with Gasteiger partial charge in [-0.2, -0.15) is 5.10 Å². The number of carboxylic acid groups (broad SMARTS) is 1. The summed E-state index contributed by atoms with van der Waals surface area (Å²) < 4.78 is 0. The van der Waals surface area contributed by atoms with E-state index < -0.39 is 23.3 Å². The van der Waals surface area contributed by atoms with Crippen LogP contribution in [0.25, 0.3) is 0 Å². The number of hydrazone groups is 1. The summed E-state index contributed by atoms with van der Waals surface area (Å²) in [4.78, 5) is 52.7. The van der Waals surface area contributed by atoms with Crippen LogP contribution in [0.4, 0.5) is 16.2 Å². The number of Topliss-reactive ketones (excluding diaryl/α,β-unsaturated/α-hetero) is 1. The Hall–Kier alpha value is -4.01. The van der Waals surface area contributed by atoms with Crippen LogP contribution in [-0.4, -0.2) is 52.6 Å². The number of ketones is 1. The number of nitrogens with zero attached hydrogens (tertiary/aromatic N) is 3. The monoisotopic (exact) mass is 532 g/mol. The van der Waals surface area contributed by atoms with Gasteiger partial charge in [-0.1, -0.05) is 70.4 Å². The highest BCUT2D eigenvalue weighted by atomic mass is 16.4. The number of urea groups is 1. The van der Waals surface area contributed by atoms with Gasteiger partial charge < -0.3 is 10.4 Å². The van der Waals surface area contributed by atoms with Gasteiger partial charge in [-0.05, 0) is 36.6 Å². The number of carboxylic acids is 1. The van der Waals surface area contributed by atoms with E-state index in [1.54, 1.807) is 24.3 Å². The summed E-state index contributed by atoms with van der Waals surface area (Å²) in [6.07, 6.45) is 5.01. The first kappa shape index (κ1) is 28.0. The van der Waals surface area contributed by atoms with E-state index in [4.69, 9.17) is 10.2 Å². The summed E-state index contributed by atoms with van der Waals surface area (Å²) >= 11 is 0. The number of para-hydroxylation sites is 1. The predicted molar refractivity (Wildman–Crippen MR) is 150 cm³/mol. The molecule has 1 fully saturated rings. The molecular formula is C30H36N4O5. The van der Waals surface area contributed by atoms with Gasteiger partial charge in [0.2, 0.25) is 5.91 Å². The Kier molecular flexibility index (Phi) is 8.47. The van der Waals surface area contributed by atoms with Crippen molar-refractivity contribution in [1.82, 2.24) is 5.01 Å². The third kappa shape index (κ3) is 6.90. The molecule has 0 bridgehead atoms. The lowest BCUT2D eigenvalue weighted by Crippen LogP contribution is -2.47. The maximum Gasteiger partial charge on any atom is 0.345 e. The second-order valence-electron chi connectivity index (χ2n) is 11.3. The van der Waals surface area contributed by atoms with Crippen LogP contribution in [0.3, 0.4) is 0 Å². The number of rotatable bonds is 8. The van der Waals surface area contributed by atoms with Gasteiger partial charge >= 0.3 is 12.0 Å². The van der Waals surface area contributed by atoms with Gasteiger partial charge in [0.25, 0.3) is 0 Å². The molecule has 0 atom stereocenters. The Morgan fingerprint density at radius 3 is 2.41 bits per heavy atom. The Labute approximate surface area is 228 Å². The van der Waals surface area contributed by atoms with Gasteiger partial charge in [0.05, 0.1) is 24.4 Å². The molecule has 1 aliphatic carbocycles. The second-order valence-corrected chi connectivity index (χ2v) is 11.3. The number of aliphatic carboxylic acids is 1. The van der Waals surface area contributed by atoms with Gasteiger partial charge in [-0.3, -0.25) is 19.3 Å². The maximum absolute atomic E-state index is 13.9. The van der Waals surface area contributed by atoms with E-state index in [9.17, 15) is 19.2 Å². The standard InChI is InChI=1S/C30H36N4O5/c1-30(2,3)25(35)18-33-24-15-8-7-14-23(24)28(21-11-5-4-6-12-21)32-34(29(33)39)19-26(36)31-22-13-9-10-20(16-22)17-27(37)38/h7-10,13-16,21H,4-6,11-12,17-19H2,1-3H3,(H,31,36)(H,37,38). The number of hydrogen-bond donors (Lipinski definition) is 2. The molecule has 2 aromatic rings. The molecule has 1 heterocycles. The van der Waals surface area contributed by atoms with E-state index in [-0.39, 0.29) is 31.2 Å². The lowest BCUT2D eigenvalue weighted by Gasteiger charge is -2.28. The quantitative estimate of drug-likeness (QED) is 0.491. The molecule has 0 radical (unpaired) electrons. The van der Waals surface area contributed by atoms with Crippen LogP contribution in [0.15, 0.2) is 53.6 Å². The first-order valence-electron chi connectivity index (χ1n) is 13.4. The minimum absolute atomic E-state index is 0.105. The van der Waals surface area contributed by atoms with Crippen molar-refractivity contribution < 1.29 is 24.3 Å². The fraction of sp³-hybridized carbons (Fsp3) is 0.433. The molecule has 9 heteroatoms. The minimum atomic E-state index is -0.970. The molecule has 2 aromatic carbocycles. The number of anilines is 2. The average molecular weight is 533 g/mol. The zero-order valence-corrected chi connectivity index (χ0v) is 22.8. The molecule has 2 N–H and O–H groups in total. The Bertz CT molecular complexity index is 1290. The number of carbonyl (C=O) groups is 4.